The number of nitrogens with zero attached hydrogens (tertiary/aromatic N) is 2. The number of hydrogen-bond acceptors (Lipinski definition) is 1. The molecule has 0 aliphatic heterocycles. The van der Waals surface area contributed by atoms with Gasteiger partial charge in [0.15, 0.2) is 0 Å². The minimum atomic E-state index is 0.349. The molecule has 0 amide bonds. The molecule has 0 aliphatic carbocycles. The van der Waals surface area contributed by atoms with Gasteiger partial charge in [-0.2, -0.15) is 0 Å². The molecule has 2 nitrogen and oxygen atoms in total. The molecule has 16 heavy (non-hydrogen) atoms. The van der Waals surface area contributed by atoms with E-state index >= 15 is 0 Å². The highest BCUT2D eigenvalue weighted by Crippen LogP contribution is 2.24. The van der Waals surface area contributed by atoms with Crippen LogP contribution in [0.3, 0.4) is 0 Å². The highest BCUT2D eigenvalue weighted by molar-refractivity contribution is 5.35. The number of aromatic nitrogens is 2. The van der Waals surface area contributed by atoms with E-state index in [1.807, 2.05) is 19.3 Å². The normalized spacial score (nSPS) is 12.8. The summed E-state index contributed by atoms with van der Waals surface area (Å²) in [6.45, 7) is 8.61. The van der Waals surface area contributed by atoms with Crippen LogP contribution in [0.5, 0.6) is 0 Å². The lowest BCUT2D eigenvalue weighted by Gasteiger charge is -2.19. The van der Waals surface area contributed by atoms with Gasteiger partial charge in [-0.15, -0.1) is 0 Å². The minimum absolute atomic E-state index is 0.349. The Morgan fingerprint density at radius 3 is 2.56 bits per heavy atom. The first-order valence-electron chi connectivity index (χ1n) is 5.67. The van der Waals surface area contributed by atoms with Gasteiger partial charge >= 0.3 is 0 Å². The van der Waals surface area contributed by atoms with Crippen LogP contribution in [-0.2, 0) is 0 Å². The second-order valence-corrected chi connectivity index (χ2v) is 4.35. The van der Waals surface area contributed by atoms with Crippen LogP contribution in [-0.4, -0.2) is 9.55 Å². The average Bonchev–Trinajstić information content (AvgIpc) is 2.68. The quantitative estimate of drug-likeness (QED) is 0.749. The van der Waals surface area contributed by atoms with E-state index < -0.39 is 0 Å². The van der Waals surface area contributed by atoms with Crippen LogP contribution < -0.4 is 0 Å². The Morgan fingerprint density at radius 1 is 1.19 bits per heavy atom. The summed E-state index contributed by atoms with van der Waals surface area (Å²) in [7, 11) is 0. The Morgan fingerprint density at radius 2 is 1.94 bits per heavy atom. The van der Waals surface area contributed by atoms with Crippen LogP contribution in [0.15, 0.2) is 30.6 Å². The first-order valence-corrected chi connectivity index (χ1v) is 5.67. The van der Waals surface area contributed by atoms with Crippen molar-refractivity contribution in [2.75, 3.05) is 0 Å². The highest BCUT2D eigenvalue weighted by atomic mass is 15.1. The third-order valence-electron chi connectivity index (χ3n) is 3.38. The predicted molar refractivity (Wildman–Crippen MR) is 66.7 cm³/mol. The van der Waals surface area contributed by atoms with Crippen molar-refractivity contribution in [3.8, 4) is 0 Å². The first kappa shape index (κ1) is 10.9. The van der Waals surface area contributed by atoms with E-state index in [0.717, 1.165) is 5.82 Å². The van der Waals surface area contributed by atoms with Crippen LogP contribution in [0.2, 0.25) is 0 Å². The number of hydrogen-bond donors (Lipinski definition) is 0. The fourth-order valence-corrected chi connectivity index (χ4v) is 2.17. The number of imidazole rings is 1. The summed E-state index contributed by atoms with van der Waals surface area (Å²) in [5.74, 6) is 1.06. The van der Waals surface area contributed by atoms with Gasteiger partial charge in [-0.25, -0.2) is 4.98 Å². The van der Waals surface area contributed by atoms with Gasteiger partial charge in [0.2, 0.25) is 0 Å². The van der Waals surface area contributed by atoms with Crippen molar-refractivity contribution in [3.63, 3.8) is 0 Å². The molecule has 2 aromatic rings. The van der Waals surface area contributed by atoms with Crippen molar-refractivity contribution in [1.29, 1.82) is 0 Å². The molecular formula is C14H18N2. The predicted octanol–water partition coefficient (Wildman–Crippen LogP) is 3.42. The van der Waals surface area contributed by atoms with Crippen LogP contribution in [0.1, 0.15) is 35.5 Å². The van der Waals surface area contributed by atoms with E-state index in [2.05, 4.69) is 48.5 Å². The van der Waals surface area contributed by atoms with Crippen molar-refractivity contribution in [1.82, 2.24) is 9.55 Å². The molecule has 0 saturated heterocycles. The van der Waals surface area contributed by atoms with Gasteiger partial charge in [-0.05, 0) is 44.4 Å². The Balaban J connectivity index is 2.46. The maximum absolute atomic E-state index is 4.28. The Bertz CT molecular complexity index is 497. The molecule has 1 heterocycles. The minimum Gasteiger partial charge on any atom is -0.328 e. The number of rotatable bonds is 2. The molecule has 0 spiro atoms. The van der Waals surface area contributed by atoms with Crippen LogP contribution in [0.25, 0.3) is 0 Å². The number of benzene rings is 1. The molecule has 1 unspecified atom stereocenters. The van der Waals surface area contributed by atoms with E-state index in [9.17, 15) is 0 Å². The van der Waals surface area contributed by atoms with Crippen LogP contribution in [0.4, 0.5) is 0 Å². The molecule has 0 aliphatic rings. The van der Waals surface area contributed by atoms with Gasteiger partial charge in [-0.3, -0.25) is 0 Å². The van der Waals surface area contributed by atoms with E-state index in [1.165, 1.54) is 16.7 Å². The van der Waals surface area contributed by atoms with Crippen molar-refractivity contribution in [3.05, 3.63) is 53.1 Å². The lowest BCUT2D eigenvalue weighted by molar-refractivity contribution is 0.615. The summed E-state index contributed by atoms with van der Waals surface area (Å²) in [6.07, 6.45) is 3.90. The molecule has 2 heteroatoms. The molecule has 0 fully saturated rings. The summed E-state index contributed by atoms with van der Waals surface area (Å²) >= 11 is 0. The standard InChI is InChI=1S/C14H18N2/c1-10-6-5-7-14(11(10)2)12(3)16-9-8-15-13(16)4/h5-9,12H,1-4H3. The van der Waals surface area contributed by atoms with Gasteiger partial charge in [0.1, 0.15) is 5.82 Å². The van der Waals surface area contributed by atoms with Crippen molar-refractivity contribution >= 4 is 0 Å². The van der Waals surface area contributed by atoms with E-state index in [1.54, 1.807) is 0 Å². The summed E-state index contributed by atoms with van der Waals surface area (Å²) in [5, 5.41) is 0. The zero-order valence-electron chi connectivity index (χ0n) is 10.4. The second kappa shape index (κ2) is 4.12. The van der Waals surface area contributed by atoms with Gasteiger partial charge in [0, 0.05) is 12.4 Å². The molecule has 1 atom stereocenters. The molecule has 1 aromatic carbocycles. The SMILES string of the molecule is Cc1cccc(C(C)n2ccnc2C)c1C. The van der Waals surface area contributed by atoms with Gasteiger partial charge < -0.3 is 4.57 Å². The Kier molecular flexibility index (Phi) is 2.82. The largest absolute Gasteiger partial charge is 0.328 e. The average molecular weight is 214 g/mol. The molecule has 0 saturated carbocycles. The maximum Gasteiger partial charge on any atom is 0.106 e. The summed E-state index contributed by atoms with van der Waals surface area (Å²) < 4.78 is 2.21. The molecule has 1 aromatic heterocycles. The third-order valence-corrected chi connectivity index (χ3v) is 3.38. The maximum atomic E-state index is 4.28. The van der Waals surface area contributed by atoms with Crippen molar-refractivity contribution < 1.29 is 0 Å². The summed E-state index contributed by atoms with van der Waals surface area (Å²) in [4.78, 5) is 4.28. The third kappa shape index (κ3) is 1.75. The van der Waals surface area contributed by atoms with Gasteiger partial charge in [0.25, 0.3) is 0 Å². The smallest absolute Gasteiger partial charge is 0.106 e. The summed E-state index contributed by atoms with van der Waals surface area (Å²) in [6, 6.07) is 6.83. The highest BCUT2D eigenvalue weighted by Gasteiger charge is 2.12. The molecule has 0 N–H and O–H groups in total. The zero-order chi connectivity index (χ0) is 11.7. The molecule has 84 valence electrons. The summed E-state index contributed by atoms with van der Waals surface area (Å²) in [5.41, 5.74) is 4.10. The topological polar surface area (TPSA) is 17.8 Å². The van der Waals surface area contributed by atoms with E-state index in [0.29, 0.717) is 6.04 Å². The van der Waals surface area contributed by atoms with Gasteiger partial charge in [-0.1, -0.05) is 18.2 Å². The number of aryl methyl sites for hydroxylation is 2. The zero-order valence-corrected chi connectivity index (χ0v) is 10.4. The monoisotopic (exact) mass is 214 g/mol. The fraction of sp³-hybridized carbons (Fsp3) is 0.357. The Labute approximate surface area is 97.0 Å². The molecule has 0 bridgehead atoms. The van der Waals surface area contributed by atoms with Crippen LogP contribution >= 0.6 is 0 Å². The fourth-order valence-electron chi connectivity index (χ4n) is 2.17. The van der Waals surface area contributed by atoms with E-state index in [4.69, 9.17) is 0 Å². The molecular weight excluding hydrogens is 196 g/mol. The Hall–Kier alpha value is -1.57. The van der Waals surface area contributed by atoms with Crippen molar-refractivity contribution in [2.24, 2.45) is 0 Å². The molecule has 0 radical (unpaired) electrons. The lowest BCUT2D eigenvalue weighted by Crippen LogP contribution is -2.09. The molecule has 2 rings (SSSR count). The van der Waals surface area contributed by atoms with E-state index in [-0.39, 0.29) is 0 Å². The second-order valence-electron chi connectivity index (χ2n) is 4.35. The van der Waals surface area contributed by atoms with Crippen molar-refractivity contribution in [2.45, 2.75) is 33.7 Å². The van der Waals surface area contributed by atoms with Crippen LogP contribution in [0, 0.1) is 20.8 Å². The first-order chi connectivity index (χ1) is 7.61. The van der Waals surface area contributed by atoms with Gasteiger partial charge in [0.05, 0.1) is 6.04 Å². The lowest BCUT2D eigenvalue weighted by atomic mass is 9.98.